The fourth-order valence-electron chi connectivity index (χ4n) is 3.81. The molecule has 0 aliphatic carbocycles. The molecular weight excluding hydrogens is 366 g/mol. The number of aryl methyl sites for hydroxylation is 2. The second kappa shape index (κ2) is 7.33. The number of benzene rings is 1. The van der Waals surface area contributed by atoms with Gasteiger partial charge in [-0.2, -0.15) is 0 Å². The molecule has 0 saturated heterocycles. The van der Waals surface area contributed by atoms with E-state index in [0.717, 1.165) is 35.3 Å². The highest BCUT2D eigenvalue weighted by Gasteiger charge is 2.21. The van der Waals surface area contributed by atoms with Crippen LogP contribution in [0.4, 0.5) is 5.69 Å². The lowest BCUT2D eigenvalue weighted by atomic mass is 9.95. The van der Waals surface area contributed by atoms with Crippen LogP contribution in [0.3, 0.4) is 0 Å². The van der Waals surface area contributed by atoms with Gasteiger partial charge in [0.15, 0.2) is 0 Å². The quantitative estimate of drug-likeness (QED) is 0.718. The molecular formula is C22H25N5O2. The summed E-state index contributed by atoms with van der Waals surface area (Å²) in [5, 5.41) is 6.33. The Labute approximate surface area is 169 Å². The minimum Gasteiger partial charge on any atom is -0.340 e. The molecule has 3 aromatic rings. The average molecular weight is 391 g/mol. The Bertz CT molecular complexity index is 1160. The Morgan fingerprint density at radius 1 is 1.24 bits per heavy atom. The summed E-state index contributed by atoms with van der Waals surface area (Å²) in [5.74, 6) is -0.281. The van der Waals surface area contributed by atoms with Crippen molar-refractivity contribution in [3.05, 3.63) is 69.7 Å². The summed E-state index contributed by atoms with van der Waals surface area (Å²) in [6.45, 7) is 4.84. The van der Waals surface area contributed by atoms with E-state index in [4.69, 9.17) is 0 Å². The number of nitrogens with zero attached hydrogens (tertiary/aromatic N) is 3. The van der Waals surface area contributed by atoms with Crippen LogP contribution in [-0.4, -0.2) is 26.1 Å². The van der Waals surface area contributed by atoms with Crippen molar-refractivity contribution < 1.29 is 4.79 Å². The van der Waals surface area contributed by atoms with Gasteiger partial charge in [-0.25, -0.2) is 4.98 Å². The number of imidazole rings is 1. The first kappa shape index (κ1) is 19.1. The molecule has 0 saturated carbocycles. The lowest BCUT2D eigenvalue weighted by Gasteiger charge is -2.26. The minimum absolute atomic E-state index is 0.0193. The molecule has 1 aliphatic heterocycles. The average Bonchev–Trinajstić information content (AvgIpc) is 3.13. The fraction of sp³-hybridized carbons (Fsp3) is 0.318. The summed E-state index contributed by atoms with van der Waals surface area (Å²) in [6, 6.07) is 7.96. The van der Waals surface area contributed by atoms with Crippen molar-refractivity contribution >= 4 is 11.6 Å². The lowest BCUT2D eigenvalue weighted by molar-refractivity contribution is 0.102. The maximum atomic E-state index is 13.1. The number of hydrogen-bond donors (Lipinski definition) is 2. The van der Waals surface area contributed by atoms with Gasteiger partial charge in [-0.1, -0.05) is 6.07 Å². The van der Waals surface area contributed by atoms with Gasteiger partial charge >= 0.3 is 0 Å². The molecule has 7 nitrogen and oxygen atoms in total. The number of anilines is 1. The zero-order valence-corrected chi connectivity index (χ0v) is 17.1. The SMILES string of the molecule is Cc1ccc(NC(=O)c2cn(C)cn2)cc1-c1cc2c(n(C)c1=O)CC(C)NC2. The van der Waals surface area contributed by atoms with Crippen LogP contribution in [0.5, 0.6) is 0 Å². The van der Waals surface area contributed by atoms with Crippen LogP contribution in [0, 0.1) is 6.92 Å². The normalized spacial score (nSPS) is 15.8. The molecule has 0 radical (unpaired) electrons. The van der Waals surface area contributed by atoms with Crippen LogP contribution in [0.25, 0.3) is 11.1 Å². The third-order valence-electron chi connectivity index (χ3n) is 5.49. The van der Waals surface area contributed by atoms with Gasteiger partial charge in [0.25, 0.3) is 11.5 Å². The summed E-state index contributed by atoms with van der Waals surface area (Å²) in [6.07, 6.45) is 4.08. The largest absolute Gasteiger partial charge is 0.340 e. The number of rotatable bonds is 3. The number of aromatic nitrogens is 3. The van der Waals surface area contributed by atoms with Crippen LogP contribution >= 0.6 is 0 Å². The molecule has 1 amide bonds. The van der Waals surface area contributed by atoms with E-state index in [2.05, 4.69) is 22.5 Å². The fourth-order valence-corrected chi connectivity index (χ4v) is 3.81. The van der Waals surface area contributed by atoms with Crippen molar-refractivity contribution in [2.45, 2.75) is 32.9 Å². The third kappa shape index (κ3) is 3.61. The smallest absolute Gasteiger partial charge is 0.275 e. The summed E-state index contributed by atoms with van der Waals surface area (Å²) >= 11 is 0. The van der Waals surface area contributed by atoms with E-state index in [1.807, 2.05) is 45.3 Å². The molecule has 2 N–H and O–H groups in total. The molecule has 1 aliphatic rings. The minimum atomic E-state index is -0.281. The summed E-state index contributed by atoms with van der Waals surface area (Å²) in [5.41, 5.74) is 5.64. The summed E-state index contributed by atoms with van der Waals surface area (Å²) < 4.78 is 3.49. The Balaban J connectivity index is 1.72. The first-order chi connectivity index (χ1) is 13.8. The van der Waals surface area contributed by atoms with Crippen molar-refractivity contribution in [3.8, 4) is 11.1 Å². The van der Waals surface area contributed by atoms with E-state index in [-0.39, 0.29) is 11.5 Å². The van der Waals surface area contributed by atoms with Gasteiger partial charge in [-0.05, 0) is 48.7 Å². The Kier molecular flexibility index (Phi) is 4.84. The van der Waals surface area contributed by atoms with E-state index in [9.17, 15) is 9.59 Å². The van der Waals surface area contributed by atoms with Crippen molar-refractivity contribution in [3.63, 3.8) is 0 Å². The molecule has 2 aromatic heterocycles. The molecule has 0 bridgehead atoms. The number of carbonyl (C=O) groups excluding carboxylic acids is 1. The van der Waals surface area contributed by atoms with Crippen molar-refractivity contribution in [1.29, 1.82) is 0 Å². The van der Waals surface area contributed by atoms with Gasteiger partial charge in [-0.15, -0.1) is 0 Å². The number of amides is 1. The molecule has 0 fully saturated rings. The van der Waals surface area contributed by atoms with Crippen LogP contribution in [0.1, 0.15) is 34.2 Å². The number of hydrogen-bond acceptors (Lipinski definition) is 4. The molecule has 29 heavy (non-hydrogen) atoms. The molecule has 1 unspecified atom stereocenters. The summed E-state index contributed by atoms with van der Waals surface area (Å²) in [4.78, 5) is 29.6. The van der Waals surface area contributed by atoms with Gasteiger partial charge in [0.05, 0.1) is 6.33 Å². The number of pyridine rings is 1. The first-order valence-electron chi connectivity index (χ1n) is 9.69. The van der Waals surface area contributed by atoms with Gasteiger partial charge in [-0.3, -0.25) is 9.59 Å². The van der Waals surface area contributed by atoms with Crippen molar-refractivity contribution in [2.75, 3.05) is 5.32 Å². The highest BCUT2D eigenvalue weighted by Crippen LogP contribution is 2.27. The maximum Gasteiger partial charge on any atom is 0.275 e. The lowest BCUT2D eigenvalue weighted by Crippen LogP contribution is -2.37. The van der Waals surface area contributed by atoms with Crippen LogP contribution in [0.15, 0.2) is 41.6 Å². The molecule has 1 atom stereocenters. The number of fused-ring (bicyclic) bond motifs is 1. The van der Waals surface area contributed by atoms with E-state index in [1.165, 1.54) is 0 Å². The second-order valence-electron chi connectivity index (χ2n) is 7.79. The van der Waals surface area contributed by atoms with E-state index < -0.39 is 0 Å². The third-order valence-corrected chi connectivity index (χ3v) is 5.49. The topological polar surface area (TPSA) is 81.0 Å². The second-order valence-corrected chi connectivity index (χ2v) is 7.79. The van der Waals surface area contributed by atoms with Crippen LogP contribution in [0.2, 0.25) is 0 Å². The highest BCUT2D eigenvalue weighted by atomic mass is 16.2. The number of carbonyl (C=O) groups is 1. The number of nitrogens with one attached hydrogen (secondary N) is 2. The Morgan fingerprint density at radius 2 is 2.03 bits per heavy atom. The van der Waals surface area contributed by atoms with Crippen LogP contribution in [-0.2, 0) is 27.1 Å². The zero-order chi connectivity index (χ0) is 20.7. The summed E-state index contributed by atoms with van der Waals surface area (Å²) in [7, 11) is 3.65. The first-order valence-corrected chi connectivity index (χ1v) is 9.69. The van der Waals surface area contributed by atoms with Gasteiger partial charge in [0, 0.05) is 56.2 Å². The van der Waals surface area contributed by atoms with Crippen molar-refractivity contribution in [1.82, 2.24) is 19.4 Å². The van der Waals surface area contributed by atoms with Gasteiger partial charge in [0.1, 0.15) is 5.69 Å². The molecule has 3 heterocycles. The molecule has 4 rings (SSSR count). The van der Waals surface area contributed by atoms with E-state index in [1.54, 1.807) is 21.7 Å². The maximum absolute atomic E-state index is 13.1. The Hall–Kier alpha value is -3.19. The Morgan fingerprint density at radius 3 is 2.76 bits per heavy atom. The van der Waals surface area contributed by atoms with E-state index in [0.29, 0.717) is 23.0 Å². The monoisotopic (exact) mass is 391 g/mol. The highest BCUT2D eigenvalue weighted by molar-refractivity contribution is 6.03. The van der Waals surface area contributed by atoms with E-state index >= 15 is 0 Å². The molecule has 1 aromatic carbocycles. The predicted molar refractivity (Wildman–Crippen MR) is 113 cm³/mol. The zero-order valence-electron chi connectivity index (χ0n) is 17.1. The molecule has 7 heteroatoms. The van der Waals surface area contributed by atoms with Crippen LogP contribution < -0.4 is 16.2 Å². The predicted octanol–water partition coefficient (Wildman–Crippen LogP) is 2.38. The molecule has 0 spiro atoms. The van der Waals surface area contributed by atoms with Crippen molar-refractivity contribution in [2.24, 2.45) is 14.1 Å². The molecule has 150 valence electrons. The van der Waals surface area contributed by atoms with Gasteiger partial charge in [0.2, 0.25) is 0 Å². The van der Waals surface area contributed by atoms with Gasteiger partial charge < -0.3 is 19.8 Å². The standard InChI is InChI=1S/C22H25N5O2/c1-13-5-6-16(25-21(28)19-11-26(3)12-24-19)9-17(13)18-8-15-10-23-14(2)7-20(15)27(4)22(18)29/h5-6,8-9,11-12,14,23H,7,10H2,1-4H3,(H,25,28).